The second-order valence-corrected chi connectivity index (χ2v) is 2.44. The molecule has 2 aromatic rings. The van der Waals surface area contributed by atoms with E-state index in [1.54, 1.807) is 6.07 Å². The highest BCUT2D eigenvalue weighted by Gasteiger charge is 2.12. The Morgan fingerprint density at radius 2 is 2.23 bits per heavy atom. The Morgan fingerprint density at radius 1 is 1.38 bits per heavy atom. The summed E-state index contributed by atoms with van der Waals surface area (Å²) >= 11 is 0. The van der Waals surface area contributed by atoms with E-state index in [2.05, 4.69) is 20.6 Å². The number of aromatic nitrogens is 4. The molecule has 1 aromatic carbocycles. The predicted octanol–water partition coefficient (Wildman–Crippen LogP) is 0.588. The fourth-order valence-corrected chi connectivity index (χ4v) is 1.04. The Kier molecular flexibility index (Phi) is 1.66. The molecular weight excluding hydrogens is 173 g/mol. The number of nitrogens with zero attached hydrogens (tertiary/aromatic N) is 3. The summed E-state index contributed by atoms with van der Waals surface area (Å²) in [4.78, 5) is 0. The molecule has 13 heavy (non-hydrogen) atoms. The molecule has 0 aliphatic carbocycles. The summed E-state index contributed by atoms with van der Waals surface area (Å²) in [5, 5.41) is 12.8. The van der Waals surface area contributed by atoms with Crippen molar-refractivity contribution in [2.75, 3.05) is 5.73 Å². The first-order valence-electron chi connectivity index (χ1n) is 3.57. The van der Waals surface area contributed by atoms with Gasteiger partial charge < -0.3 is 5.73 Å². The fraction of sp³-hybridized carbons (Fsp3) is 0. The van der Waals surface area contributed by atoms with E-state index in [9.17, 15) is 4.39 Å². The van der Waals surface area contributed by atoms with Crippen LogP contribution >= 0.6 is 0 Å². The number of hydrogen-bond donors (Lipinski definition) is 2. The van der Waals surface area contributed by atoms with Gasteiger partial charge >= 0.3 is 0 Å². The van der Waals surface area contributed by atoms with E-state index in [-0.39, 0.29) is 11.4 Å². The molecule has 0 aliphatic rings. The van der Waals surface area contributed by atoms with Crippen LogP contribution in [0.1, 0.15) is 0 Å². The molecule has 3 N–H and O–H groups in total. The molecule has 1 heterocycles. The summed E-state index contributed by atoms with van der Waals surface area (Å²) in [5.41, 5.74) is 6.02. The second kappa shape index (κ2) is 2.81. The highest BCUT2D eigenvalue weighted by atomic mass is 19.1. The molecule has 6 heteroatoms. The van der Waals surface area contributed by atoms with Crippen LogP contribution in [0.2, 0.25) is 0 Å². The van der Waals surface area contributed by atoms with Crippen LogP contribution in [0.15, 0.2) is 18.2 Å². The first-order valence-corrected chi connectivity index (χ1v) is 3.57. The zero-order chi connectivity index (χ0) is 9.26. The summed E-state index contributed by atoms with van der Waals surface area (Å²) in [6, 6.07) is 4.39. The third-order valence-corrected chi connectivity index (χ3v) is 1.61. The number of H-pyrrole nitrogens is 1. The number of benzene rings is 1. The van der Waals surface area contributed by atoms with Gasteiger partial charge in [-0.3, -0.25) is 0 Å². The minimum Gasteiger partial charge on any atom is -0.398 e. The third-order valence-electron chi connectivity index (χ3n) is 1.61. The maximum absolute atomic E-state index is 13.2. The van der Waals surface area contributed by atoms with Crippen molar-refractivity contribution in [2.45, 2.75) is 0 Å². The van der Waals surface area contributed by atoms with Crippen molar-refractivity contribution < 1.29 is 4.39 Å². The van der Waals surface area contributed by atoms with Crippen LogP contribution in [0, 0.1) is 5.82 Å². The molecule has 0 atom stereocenters. The van der Waals surface area contributed by atoms with E-state index in [0.29, 0.717) is 5.69 Å². The van der Waals surface area contributed by atoms with Crippen LogP contribution in [-0.4, -0.2) is 20.6 Å². The lowest BCUT2D eigenvalue weighted by Crippen LogP contribution is -1.94. The Labute approximate surface area is 72.8 Å². The standard InChI is InChI=1S/C7H6FN5/c8-4-2-1-3-5(9)6(4)7-10-12-13-11-7/h1-3H,9H2,(H,10,11,12,13). The minimum absolute atomic E-state index is 0.163. The monoisotopic (exact) mass is 179 g/mol. The SMILES string of the molecule is Nc1cccc(F)c1-c1nn[nH]n1. The summed E-state index contributed by atoms with van der Waals surface area (Å²) in [6.45, 7) is 0. The maximum Gasteiger partial charge on any atom is 0.209 e. The van der Waals surface area contributed by atoms with E-state index in [0.717, 1.165) is 0 Å². The van der Waals surface area contributed by atoms with Gasteiger partial charge in [0.05, 0.1) is 5.56 Å². The average molecular weight is 179 g/mol. The van der Waals surface area contributed by atoms with Crippen molar-refractivity contribution in [3.63, 3.8) is 0 Å². The summed E-state index contributed by atoms with van der Waals surface area (Å²) < 4.78 is 13.2. The number of rotatable bonds is 1. The molecule has 0 aliphatic heterocycles. The first kappa shape index (κ1) is 7.66. The molecule has 1 aromatic heterocycles. The van der Waals surface area contributed by atoms with Gasteiger partial charge in [0.1, 0.15) is 5.82 Å². The van der Waals surface area contributed by atoms with Gasteiger partial charge in [0.15, 0.2) is 0 Å². The zero-order valence-electron chi connectivity index (χ0n) is 6.53. The molecule has 5 nitrogen and oxygen atoms in total. The molecule has 66 valence electrons. The number of aromatic amines is 1. The van der Waals surface area contributed by atoms with Crippen molar-refractivity contribution in [3.05, 3.63) is 24.0 Å². The van der Waals surface area contributed by atoms with E-state index in [1.807, 2.05) is 0 Å². The lowest BCUT2D eigenvalue weighted by atomic mass is 10.1. The van der Waals surface area contributed by atoms with Crippen molar-refractivity contribution in [1.82, 2.24) is 20.6 Å². The third kappa shape index (κ3) is 1.22. The van der Waals surface area contributed by atoms with Crippen LogP contribution in [0.25, 0.3) is 11.4 Å². The van der Waals surface area contributed by atoms with Gasteiger partial charge in [-0.1, -0.05) is 6.07 Å². The molecule has 0 amide bonds. The first-order chi connectivity index (χ1) is 6.29. The van der Waals surface area contributed by atoms with Gasteiger partial charge in [-0.25, -0.2) is 4.39 Å². The van der Waals surface area contributed by atoms with Gasteiger partial charge in [0, 0.05) is 5.69 Å². The van der Waals surface area contributed by atoms with Gasteiger partial charge in [0.2, 0.25) is 5.82 Å². The van der Waals surface area contributed by atoms with Crippen molar-refractivity contribution >= 4 is 5.69 Å². The number of halogens is 1. The number of hydrogen-bond acceptors (Lipinski definition) is 4. The largest absolute Gasteiger partial charge is 0.398 e. The molecule has 0 spiro atoms. The van der Waals surface area contributed by atoms with Crippen LogP contribution in [0.3, 0.4) is 0 Å². The van der Waals surface area contributed by atoms with Crippen LogP contribution in [0.4, 0.5) is 10.1 Å². The number of tetrazole rings is 1. The maximum atomic E-state index is 13.2. The van der Waals surface area contributed by atoms with Gasteiger partial charge in [0.25, 0.3) is 0 Å². The minimum atomic E-state index is -0.457. The number of anilines is 1. The van der Waals surface area contributed by atoms with E-state index in [4.69, 9.17) is 5.73 Å². The van der Waals surface area contributed by atoms with Gasteiger partial charge in [-0.05, 0) is 17.3 Å². The van der Waals surface area contributed by atoms with Crippen molar-refractivity contribution in [3.8, 4) is 11.4 Å². The fourth-order valence-electron chi connectivity index (χ4n) is 1.04. The Morgan fingerprint density at radius 3 is 2.85 bits per heavy atom. The smallest absolute Gasteiger partial charge is 0.209 e. The van der Waals surface area contributed by atoms with Crippen LogP contribution in [-0.2, 0) is 0 Å². The lowest BCUT2D eigenvalue weighted by Gasteiger charge is -2.00. The summed E-state index contributed by atoms with van der Waals surface area (Å²) in [5.74, 6) is -0.294. The zero-order valence-corrected chi connectivity index (χ0v) is 6.53. The number of nitrogens with one attached hydrogen (secondary N) is 1. The Hall–Kier alpha value is -1.98. The van der Waals surface area contributed by atoms with Crippen molar-refractivity contribution in [1.29, 1.82) is 0 Å². The topological polar surface area (TPSA) is 80.5 Å². The highest BCUT2D eigenvalue weighted by Crippen LogP contribution is 2.24. The van der Waals surface area contributed by atoms with E-state index >= 15 is 0 Å². The van der Waals surface area contributed by atoms with E-state index in [1.165, 1.54) is 12.1 Å². The van der Waals surface area contributed by atoms with Gasteiger partial charge in [-0.15, -0.1) is 10.2 Å². The lowest BCUT2D eigenvalue weighted by molar-refractivity contribution is 0.630. The summed E-state index contributed by atoms with van der Waals surface area (Å²) in [6.07, 6.45) is 0. The normalized spacial score (nSPS) is 10.2. The van der Waals surface area contributed by atoms with Crippen LogP contribution in [0.5, 0.6) is 0 Å². The second-order valence-electron chi connectivity index (χ2n) is 2.44. The van der Waals surface area contributed by atoms with Gasteiger partial charge in [-0.2, -0.15) is 5.21 Å². The molecule has 0 fully saturated rings. The Bertz CT molecular complexity index is 391. The molecule has 0 radical (unpaired) electrons. The molecule has 0 saturated carbocycles. The van der Waals surface area contributed by atoms with Crippen molar-refractivity contribution in [2.24, 2.45) is 0 Å². The average Bonchev–Trinajstić information content (AvgIpc) is 2.57. The number of nitrogen functional groups attached to an aromatic ring is 1. The quantitative estimate of drug-likeness (QED) is 0.628. The van der Waals surface area contributed by atoms with E-state index < -0.39 is 5.82 Å². The number of nitrogens with two attached hydrogens (primary N) is 1. The molecule has 2 rings (SSSR count). The predicted molar refractivity (Wildman–Crippen MR) is 44.0 cm³/mol. The molecule has 0 bridgehead atoms. The summed E-state index contributed by atoms with van der Waals surface area (Å²) in [7, 11) is 0. The molecular formula is C7H6FN5. The molecule has 0 unspecified atom stereocenters. The molecule has 0 saturated heterocycles. The Balaban J connectivity index is 2.64. The van der Waals surface area contributed by atoms with Crippen LogP contribution < -0.4 is 5.73 Å². The highest BCUT2D eigenvalue weighted by molar-refractivity contribution is 5.71.